The summed E-state index contributed by atoms with van der Waals surface area (Å²) in [7, 11) is 0. The van der Waals surface area contributed by atoms with Gasteiger partial charge in [0.25, 0.3) is 0 Å². The molecule has 0 saturated carbocycles. The van der Waals surface area contributed by atoms with E-state index in [4.69, 9.17) is 5.73 Å². The van der Waals surface area contributed by atoms with E-state index < -0.39 is 0 Å². The molecule has 0 unspecified atom stereocenters. The summed E-state index contributed by atoms with van der Waals surface area (Å²) in [5.41, 5.74) is 10.4. The molecule has 2 rings (SSSR count). The maximum absolute atomic E-state index is 5.54. The molecule has 3 N–H and O–H groups in total. The van der Waals surface area contributed by atoms with Crippen molar-refractivity contribution in [1.29, 1.82) is 0 Å². The maximum Gasteiger partial charge on any atom is 0.0483 e. The lowest BCUT2D eigenvalue weighted by Crippen LogP contribution is -1.95. The number of benzene rings is 1. The van der Waals surface area contributed by atoms with Gasteiger partial charge in [-0.25, -0.2) is 0 Å². The summed E-state index contributed by atoms with van der Waals surface area (Å²) in [6, 6.07) is 10.4. The Bertz CT molecular complexity index is 412. The van der Waals surface area contributed by atoms with Crippen LogP contribution < -0.4 is 5.73 Å². The molecular weight excluding hydrogens is 172 g/mol. The molecule has 1 aromatic carbocycles. The summed E-state index contributed by atoms with van der Waals surface area (Å²) < 4.78 is 0. The van der Waals surface area contributed by atoms with Crippen molar-refractivity contribution < 1.29 is 0 Å². The van der Waals surface area contributed by atoms with E-state index in [0.717, 1.165) is 5.56 Å². The van der Waals surface area contributed by atoms with Gasteiger partial charge in [-0.3, -0.25) is 0 Å². The predicted octanol–water partition coefficient (Wildman–Crippen LogP) is 2.45. The smallest absolute Gasteiger partial charge is 0.0483 e. The lowest BCUT2D eigenvalue weighted by molar-refractivity contribution is 1.07. The summed E-state index contributed by atoms with van der Waals surface area (Å²) >= 11 is 0. The zero-order chi connectivity index (χ0) is 9.97. The van der Waals surface area contributed by atoms with Crippen LogP contribution in [-0.2, 0) is 6.54 Å². The number of nitrogens with one attached hydrogen (secondary N) is 1. The molecule has 0 aliphatic carbocycles. The highest BCUT2D eigenvalue weighted by atomic mass is 14.7. The molecule has 0 spiro atoms. The van der Waals surface area contributed by atoms with Crippen LogP contribution in [0.3, 0.4) is 0 Å². The Morgan fingerprint density at radius 3 is 2.36 bits per heavy atom. The molecule has 1 aromatic heterocycles. The Morgan fingerprint density at radius 2 is 1.86 bits per heavy atom. The number of rotatable bonds is 2. The molecule has 0 saturated heterocycles. The summed E-state index contributed by atoms with van der Waals surface area (Å²) in [5, 5.41) is 0. The topological polar surface area (TPSA) is 41.8 Å². The average molecular weight is 186 g/mol. The minimum atomic E-state index is 0.601. The minimum Gasteiger partial charge on any atom is -0.361 e. The van der Waals surface area contributed by atoms with Gasteiger partial charge < -0.3 is 10.7 Å². The Balaban J connectivity index is 2.39. The van der Waals surface area contributed by atoms with Crippen LogP contribution in [-0.4, -0.2) is 4.98 Å². The quantitative estimate of drug-likeness (QED) is 0.743. The van der Waals surface area contributed by atoms with Crippen molar-refractivity contribution in [1.82, 2.24) is 4.98 Å². The molecule has 0 radical (unpaired) electrons. The fraction of sp³-hybridized carbons (Fsp3) is 0.167. The Morgan fingerprint density at radius 1 is 1.14 bits per heavy atom. The lowest BCUT2D eigenvalue weighted by atomic mass is 10.1. The first-order chi connectivity index (χ1) is 6.81. The second-order valence-corrected chi connectivity index (χ2v) is 3.44. The highest BCUT2D eigenvalue weighted by Crippen LogP contribution is 2.21. The van der Waals surface area contributed by atoms with E-state index in [9.17, 15) is 0 Å². The molecule has 0 atom stereocenters. The number of aromatic amines is 1. The lowest BCUT2D eigenvalue weighted by Gasteiger charge is -2.02. The fourth-order valence-corrected chi connectivity index (χ4v) is 1.57. The van der Waals surface area contributed by atoms with Crippen LogP contribution in [0.5, 0.6) is 0 Å². The number of aryl methyl sites for hydroxylation is 1. The zero-order valence-electron chi connectivity index (χ0n) is 8.25. The van der Waals surface area contributed by atoms with Crippen LogP contribution >= 0.6 is 0 Å². The van der Waals surface area contributed by atoms with Crippen LogP contribution in [0.4, 0.5) is 0 Å². The number of aromatic nitrogens is 1. The molecule has 0 amide bonds. The first-order valence-corrected chi connectivity index (χ1v) is 4.74. The molecule has 0 aliphatic heterocycles. The summed E-state index contributed by atoms with van der Waals surface area (Å²) in [4.78, 5) is 3.23. The van der Waals surface area contributed by atoms with Crippen LogP contribution in [0.25, 0.3) is 11.3 Å². The van der Waals surface area contributed by atoms with Crippen molar-refractivity contribution in [2.45, 2.75) is 13.5 Å². The molecule has 72 valence electrons. The largest absolute Gasteiger partial charge is 0.361 e. The molecule has 2 aromatic rings. The Labute approximate surface area is 83.8 Å². The van der Waals surface area contributed by atoms with Crippen molar-refractivity contribution in [3.05, 3.63) is 47.7 Å². The SMILES string of the molecule is Cc1cc[nH]c1-c1ccc(CN)cc1. The fourth-order valence-electron chi connectivity index (χ4n) is 1.57. The van der Waals surface area contributed by atoms with E-state index in [1.807, 2.05) is 6.20 Å². The van der Waals surface area contributed by atoms with Crippen molar-refractivity contribution in [2.75, 3.05) is 0 Å². The highest BCUT2D eigenvalue weighted by Gasteiger charge is 2.01. The van der Waals surface area contributed by atoms with E-state index in [1.165, 1.54) is 16.8 Å². The van der Waals surface area contributed by atoms with E-state index >= 15 is 0 Å². The van der Waals surface area contributed by atoms with Crippen LogP contribution in [0.15, 0.2) is 36.5 Å². The molecule has 1 heterocycles. The molecule has 14 heavy (non-hydrogen) atoms. The first kappa shape index (κ1) is 9.03. The second-order valence-electron chi connectivity index (χ2n) is 3.44. The monoisotopic (exact) mass is 186 g/mol. The first-order valence-electron chi connectivity index (χ1n) is 4.74. The maximum atomic E-state index is 5.54. The number of hydrogen-bond donors (Lipinski definition) is 2. The number of nitrogens with two attached hydrogens (primary N) is 1. The Kier molecular flexibility index (Phi) is 2.37. The van der Waals surface area contributed by atoms with Crippen LogP contribution in [0.2, 0.25) is 0 Å². The summed E-state index contributed by atoms with van der Waals surface area (Å²) in [6.07, 6.45) is 1.96. The van der Waals surface area contributed by atoms with Crippen molar-refractivity contribution in [3.8, 4) is 11.3 Å². The van der Waals surface area contributed by atoms with Gasteiger partial charge in [0.05, 0.1) is 0 Å². The molecule has 0 aliphatic rings. The van der Waals surface area contributed by atoms with Crippen molar-refractivity contribution in [2.24, 2.45) is 5.73 Å². The van der Waals surface area contributed by atoms with E-state index in [-0.39, 0.29) is 0 Å². The zero-order valence-corrected chi connectivity index (χ0v) is 8.25. The minimum absolute atomic E-state index is 0.601. The van der Waals surface area contributed by atoms with Gasteiger partial charge in [-0.1, -0.05) is 24.3 Å². The standard InChI is InChI=1S/C12H14N2/c1-9-6-7-14-12(9)11-4-2-10(8-13)3-5-11/h2-7,14H,8,13H2,1H3. The number of hydrogen-bond acceptors (Lipinski definition) is 1. The van der Waals surface area contributed by atoms with Gasteiger partial charge in [0, 0.05) is 18.4 Å². The molecule has 0 bridgehead atoms. The predicted molar refractivity (Wildman–Crippen MR) is 58.9 cm³/mol. The van der Waals surface area contributed by atoms with Crippen LogP contribution in [0.1, 0.15) is 11.1 Å². The molecule has 2 nitrogen and oxygen atoms in total. The van der Waals surface area contributed by atoms with Crippen molar-refractivity contribution in [3.63, 3.8) is 0 Å². The average Bonchev–Trinajstić information content (AvgIpc) is 2.65. The third kappa shape index (κ3) is 1.56. The van der Waals surface area contributed by atoms with Gasteiger partial charge in [-0.05, 0) is 29.7 Å². The third-order valence-electron chi connectivity index (χ3n) is 2.43. The van der Waals surface area contributed by atoms with Crippen LogP contribution in [0, 0.1) is 6.92 Å². The van der Waals surface area contributed by atoms with Gasteiger partial charge >= 0.3 is 0 Å². The van der Waals surface area contributed by atoms with Gasteiger partial charge in [0.1, 0.15) is 0 Å². The second kappa shape index (κ2) is 3.68. The van der Waals surface area contributed by atoms with Crippen molar-refractivity contribution >= 4 is 0 Å². The van der Waals surface area contributed by atoms with Gasteiger partial charge in [0.2, 0.25) is 0 Å². The van der Waals surface area contributed by atoms with E-state index in [0.29, 0.717) is 6.54 Å². The molecular formula is C12H14N2. The summed E-state index contributed by atoms with van der Waals surface area (Å²) in [6.45, 7) is 2.70. The molecule has 0 fully saturated rings. The normalized spacial score (nSPS) is 10.4. The molecule has 2 heteroatoms. The summed E-state index contributed by atoms with van der Waals surface area (Å²) in [5.74, 6) is 0. The van der Waals surface area contributed by atoms with Gasteiger partial charge in [0.15, 0.2) is 0 Å². The highest BCUT2D eigenvalue weighted by molar-refractivity contribution is 5.63. The van der Waals surface area contributed by atoms with E-state index in [1.54, 1.807) is 0 Å². The Hall–Kier alpha value is -1.54. The van der Waals surface area contributed by atoms with E-state index in [2.05, 4.69) is 42.2 Å². The van der Waals surface area contributed by atoms with Gasteiger partial charge in [-0.15, -0.1) is 0 Å². The third-order valence-corrected chi connectivity index (χ3v) is 2.43. The van der Waals surface area contributed by atoms with Gasteiger partial charge in [-0.2, -0.15) is 0 Å². The number of H-pyrrole nitrogens is 1.